The van der Waals surface area contributed by atoms with Crippen LogP contribution in [0, 0.1) is 0 Å². The van der Waals surface area contributed by atoms with Crippen LogP contribution in [0.1, 0.15) is 52.7 Å². The molecular formula is C38H34BNO2S. The molecule has 0 saturated carbocycles. The number of nitrogens with zero attached hydrogens (tertiary/aromatic N) is 1. The van der Waals surface area contributed by atoms with Crippen molar-refractivity contribution >= 4 is 51.9 Å². The molecule has 212 valence electrons. The van der Waals surface area contributed by atoms with Crippen LogP contribution in [0.5, 0.6) is 23.0 Å². The first-order valence-corrected chi connectivity index (χ1v) is 15.9. The Kier molecular flexibility index (Phi) is 5.68. The third-order valence-corrected chi connectivity index (χ3v) is 10.0. The van der Waals surface area contributed by atoms with Gasteiger partial charge in [0, 0.05) is 27.4 Å². The van der Waals surface area contributed by atoms with Crippen molar-refractivity contribution in [2.24, 2.45) is 0 Å². The molecule has 0 unspecified atom stereocenters. The molecule has 0 amide bonds. The lowest BCUT2D eigenvalue weighted by atomic mass is 9.34. The summed E-state index contributed by atoms with van der Waals surface area (Å²) in [6, 6.07) is 35.1. The van der Waals surface area contributed by atoms with Gasteiger partial charge >= 0.3 is 0 Å². The van der Waals surface area contributed by atoms with E-state index in [4.69, 9.17) is 9.47 Å². The van der Waals surface area contributed by atoms with Gasteiger partial charge in [-0.05, 0) is 69.3 Å². The zero-order chi connectivity index (χ0) is 29.7. The summed E-state index contributed by atoms with van der Waals surface area (Å²) in [6.07, 6.45) is 0. The molecule has 0 saturated heterocycles. The minimum absolute atomic E-state index is 0.0210. The Bertz CT molecular complexity index is 1820. The second-order valence-electron chi connectivity index (χ2n) is 13.9. The summed E-state index contributed by atoms with van der Waals surface area (Å²) < 4.78 is 13.6. The third-order valence-electron chi connectivity index (χ3n) is 8.88. The Balaban J connectivity index is 1.37. The maximum atomic E-state index is 6.80. The first-order chi connectivity index (χ1) is 20.6. The van der Waals surface area contributed by atoms with Crippen LogP contribution in [0.4, 0.5) is 17.1 Å². The lowest BCUT2D eigenvalue weighted by molar-refractivity contribution is 0.464. The van der Waals surface area contributed by atoms with Crippen molar-refractivity contribution in [2.45, 2.75) is 62.2 Å². The molecule has 0 N–H and O–H groups in total. The molecule has 0 fully saturated rings. The normalized spacial score (nSPS) is 14.5. The number of fused-ring (bicyclic) bond motifs is 6. The molecule has 0 radical (unpaired) electrons. The average molecular weight is 580 g/mol. The van der Waals surface area contributed by atoms with Crippen molar-refractivity contribution in [1.29, 1.82) is 0 Å². The molecule has 5 aromatic carbocycles. The molecule has 0 aliphatic carbocycles. The Hall–Kier alpha value is -4.09. The third kappa shape index (κ3) is 4.20. The monoisotopic (exact) mass is 579 g/mol. The quantitative estimate of drug-likeness (QED) is 0.181. The van der Waals surface area contributed by atoms with Gasteiger partial charge in [-0.3, -0.25) is 0 Å². The van der Waals surface area contributed by atoms with Crippen LogP contribution < -0.4 is 30.8 Å². The number of anilines is 3. The van der Waals surface area contributed by atoms with E-state index in [-0.39, 0.29) is 17.5 Å². The van der Waals surface area contributed by atoms with Crippen molar-refractivity contribution in [2.75, 3.05) is 4.90 Å². The SMILES string of the molecule is CC(C)(C)c1ccc2c(c1)B1c3cc(C(C)(C)C)ccc3Oc3cc(N4c5ccccc5Sc5ccccc54)cc(c31)O2. The summed E-state index contributed by atoms with van der Waals surface area (Å²) in [5.41, 5.74) is 9.51. The molecule has 0 atom stereocenters. The highest BCUT2D eigenvalue weighted by Gasteiger charge is 2.42. The first kappa shape index (κ1) is 26.5. The summed E-state index contributed by atoms with van der Waals surface area (Å²) in [6.45, 7) is 13.6. The molecule has 43 heavy (non-hydrogen) atoms. The Morgan fingerprint density at radius 2 is 1.02 bits per heavy atom. The highest BCUT2D eigenvalue weighted by molar-refractivity contribution is 7.99. The van der Waals surface area contributed by atoms with E-state index >= 15 is 0 Å². The van der Waals surface area contributed by atoms with Crippen molar-refractivity contribution in [3.63, 3.8) is 0 Å². The molecule has 3 aliphatic heterocycles. The van der Waals surface area contributed by atoms with E-state index in [1.54, 1.807) is 0 Å². The van der Waals surface area contributed by atoms with Gasteiger partial charge in [0.1, 0.15) is 23.0 Å². The fraction of sp³-hybridized carbons (Fsp3) is 0.211. The topological polar surface area (TPSA) is 21.7 Å². The molecule has 8 rings (SSSR count). The number of rotatable bonds is 1. The molecule has 3 heterocycles. The van der Waals surface area contributed by atoms with Crippen LogP contribution in [0.15, 0.2) is 107 Å². The average Bonchev–Trinajstić information content (AvgIpc) is 2.98. The standard InChI is InChI=1S/C38H34BNO2S/c1-37(2,3)23-15-17-30-26(19-23)39-27-20-24(38(4,5)6)16-18-31(27)42-33-22-25(21-32(41-30)36(33)39)40-28-11-7-9-13-34(28)43-35-14-10-8-12-29(35)40/h7-22H,1-6H3. The number of benzene rings is 5. The summed E-state index contributed by atoms with van der Waals surface area (Å²) in [5, 5.41) is 0. The lowest BCUT2D eigenvalue weighted by Gasteiger charge is -2.37. The second-order valence-corrected chi connectivity index (χ2v) is 15.0. The van der Waals surface area contributed by atoms with Crippen molar-refractivity contribution in [3.05, 3.63) is 108 Å². The lowest BCUT2D eigenvalue weighted by Crippen LogP contribution is -2.57. The van der Waals surface area contributed by atoms with Crippen LogP contribution >= 0.6 is 11.8 Å². The summed E-state index contributed by atoms with van der Waals surface area (Å²) in [5.74, 6) is 3.54. The largest absolute Gasteiger partial charge is 0.458 e. The molecule has 5 heteroatoms. The van der Waals surface area contributed by atoms with E-state index in [2.05, 4.69) is 144 Å². The van der Waals surface area contributed by atoms with Crippen LogP contribution in [0.3, 0.4) is 0 Å². The highest BCUT2D eigenvalue weighted by Crippen LogP contribution is 2.52. The second kappa shape index (κ2) is 9.21. The van der Waals surface area contributed by atoms with E-state index in [1.807, 2.05) is 11.8 Å². The van der Waals surface area contributed by atoms with Gasteiger partial charge in [0.2, 0.25) is 0 Å². The predicted octanol–water partition coefficient (Wildman–Crippen LogP) is 8.94. The number of para-hydroxylation sites is 2. The van der Waals surface area contributed by atoms with E-state index in [9.17, 15) is 0 Å². The van der Waals surface area contributed by atoms with Gasteiger partial charge in [-0.1, -0.05) is 102 Å². The van der Waals surface area contributed by atoms with Gasteiger partial charge < -0.3 is 14.4 Å². The van der Waals surface area contributed by atoms with Gasteiger partial charge in [-0.15, -0.1) is 0 Å². The van der Waals surface area contributed by atoms with Gasteiger partial charge in [0.15, 0.2) is 0 Å². The van der Waals surface area contributed by atoms with Crippen LogP contribution in [-0.2, 0) is 10.8 Å². The van der Waals surface area contributed by atoms with E-state index in [1.165, 1.54) is 31.8 Å². The fourth-order valence-corrected chi connectivity index (χ4v) is 7.59. The summed E-state index contributed by atoms with van der Waals surface area (Å²) in [7, 11) is 0. The summed E-state index contributed by atoms with van der Waals surface area (Å²) >= 11 is 1.81. The molecule has 3 nitrogen and oxygen atoms in total. The zero-order valence-electron chi connectivity index (χ0n) is 25.5. The Morgan fingerprint density at radius 1 is 0.558 bits per heavy atom. The van der Waals surface area contributed by atoms with E-state index < -0.39 is 0 Å². The predicted molar refractivity (Wildman–Crippen MR) is 180 cm³/mol. The smallest absolute Gasteiger partial charge is 0.260 e. The Morgan fingerprint density at radius 3 is 1.49 bits per heavy atom. The first-order valence-electron chi connectivity index (χ1n) is 15.0. The van der Waals surface area contributed by atoms with Gasteiger partial charge in [-0.25, -0.2) is 0 Å². The van der Waals surface area contributed by atoms with Crippen molar-refractivity contribution in [3.8, 4) is 23.0 Å². The molecule has 3 aliphatic rings. The maximum Gasteiger partial charge on any atom is 0.260 e. The minimum Gasteiger partial charge on any atom is -0.458 e. The van der Waals surface area contributed by atoms with Crippen molar-refractivity contribution < 1.29 is 9.47 Å². The number of hydrogen-bond donors (Lipinski definition) is 0. The van der Waals surface area contributed by atoms with Gasteiger partial charge in [0.25, 0.3) is 6.71 Å². The molecule has 0 bridgehead atoms. The van der Waals surface area contributed by atoms with Crippen LogP contribution in [0.2, 0.25) is 0 Å². The summed E-state index contributed by atoms with van der Waals surface area (Å²) in [4.78, 5) is 4.80. The van der Waals surface area contributed by atoms with E-state index in [0.29, 0.717) is 0 Å². The zero-order valence-corrected chi connectivity index (χ0v) is 26.3. The van der Waals surface area contributed by atoms with E-state index in [0.717, 1.165) is 45.5 Å². The van der Waals surface area contributed by atoms with Gasteiger partial charge in [-0.2, -0.15) is 0 Å². The van der Waals surface area contributed by atoms with Crippen LogP contribution in [0.25, 0.3) is 0 Å². The van der Waals surface area contributed by atoms with Gasteiger partial charge in [0.05, 0.1) is 17.1 Å². The fourth-order valence-electron chi connectivity index (χ4n) is 6.54. The minimum atomic E-state index is 0.0210. The number of hydrogen-bond acceptors (Lipinski definition) is 4. The number of ether oxygens (including phenoxy) is 2. The Labute approximate surface area is 258 Å². The molecule has 0 spiro atoms. The highest BCUT2D eigenvalue weighted by atomic mass is 32.2. The maximum absolute atomic E-state index is 6.80. The molecule has 5 aromatic rings. The molecular weight excluding hydrogens is 545 g/mol. The molecule has 0 aromatic heterocycles. The van der Waals surface area contributed by atoms with Crippen LogP contribution in [-0.4, -0.2) is 6.71 Å². The van der Waals surface area contributed by atoms with Crippen molar-refractivity contribution in [1.82, 2.24) is 0 Å².